The molecule has 1 amide bonds. The van der Waals surface area contributed by atoms with Gasteiger partial charge in [0.25, 0.3) is 11.5 Å². The maximum absolute atomic E-state index is 12.5. The zero-order valence-corrected chi connectivity index (χ0v) is 16.8. The van der Waals surface area contributed by atoms with Crippen LogP contribution in [0.2, 0.25) is 0 Å². The predicted octanol–water partition coefficient (Wildman–Crippen LogP) is 4.43. The van der Waals surface area contributed by atoms with Gasteiger partial charge in [-0.05, 0) is 54.1 Å². The first-order chi connectivity index (χ1) is 14.7. The lowest BCUT2D eigenvalue weighted by molar-refractivity contribution is 0.0994. The number of furan rings is 1. The summed E-state index contributed by atoms with van der Waals surface area (Å²) in [5.74, 6) is 1.23. The Morgan fingerprint density at radius 2 is 1.90 bits per heavy atom. The van der Waals surface area contributed by atoms with Crippen molar-refractivity contribution in [3.63, 3.8) is 0 Å². The number of nitrogens with zero attached hydrogens (tertiary/aromatic N) is 2. The van der Waals surface area contributed by atoms with Crippen molar-refractivity contribution in [2.45, 2.75) is 17.2 Å². The molecule has 0 saturated heterocycles. The van der Waals surface area contributed by atoms with Gasteiger partial charge in [-0.3, -0.25) is 14.6 Å². The molecule has 1 N–H and O–H groups in total. The van der Waals surface area contributed by atoms with E-state index < -0.39 is 0 Å². The fraction of sp³-hybridized carbons (Fsp3) is 0.0870. The van der Waals surface area contributed by atoms with E-state index in [1.54, 1.807) is 48.4 Å². The van der Waals surface area contributed by atoms with Crippen LogP contribution in [-0.4, -0.2) is 15.5 Å². The van der Waals surface area contributed by atoms with Crippen LogP contribution in [0.3, 0.4) is 0 Å². The number of aromatic nitrogens is 2. The van der Waals surface area contributed by atoms with Crippen LogP contribution in [0.15, 0.2) is 99.4 Å². The molecule has 0 bridgehead atoms. The number of pyridine rings is 2. The molecule has 7 heteroatoms. The number of nitrogens with one attached hydrogen (secondary N) is 1. The minimum atomic E-state index is -0.336. The topological polar surface area (TPSA) is 77.1 Å². The minimum Gasteiger partial charge on any atom is -0.454 e. The molecule has 150 valence electrons. The van der Waals surface area contributed by atoms with Gasteiger partial charge in [0.2, 0.25) is 0 Å². The van der Waals surface area contributed by atoms with Crippen molar-refractivity contribution < 1.29 is 9.21 Å². The highest BCUT2D eigenvalue weighted by atomic mass is 32.2. The molecular weight excluding hydrogens is 398 g/mol. The maximum Gasteiger partial charge on any atom is 0.291 e. The van der Waals surface area contributed by atoms with Gasteiger partial charge in [-0.2, -0.15) is 0 Å². The molecule has 0 aliphatic carbocycles. The number of carbonyl (C=O) groups is 1. The summed E-state index contributed by atoms with van der Waals surface area (Å²) in [5, 5.41) is 2.83. The number of anilines is 1. The fourth-order valence-electron chi connectivity index (χ4n) is 2.82. The van der Waals surface area contributed by atoms with Crippen LogP contribution in [0.4, 0.5) is 5.69 Å². The van der Waals surface area contributed by atoms with E-state index in [4.69, 9.17) is 4.42 Å². The van der Waals surface area contributed by atoms with Gasteiger partial charge in [-0.1, -0.05) is 12.1 Å². The van der Waals surface area contributed by atoms with E-state index in [0.29, 0.717) is 11.4 Å². The van der Waals surface area contributed by atoms with Crippen molar-refractivity contribution in [2.75, 3.05) is 5.32 Å². The van der Waals surface area contributed by atoms with Crippen LogP contribution < -0.4 is 10.9 Å². The third-order valence-corrected chi connectivity index (χ3v) is 5.43. The zero-order valence-electron chi connectivity index (χ0n) is 16.0. The SMILES string of the molecule is O=C(Nc1ccc(SCc2cccnc2)cc1)c1ccc(Cn2ccccc2=O)o1. The Morgan fingerprint density at radius 1 is 1.03 bits per heavy atom. The number of benzene rings is 1. The smallest absolute Gasteiger partial charge is 0.291 e. The molecule has 6 nitrogen and oxygen atoms in total. The van der Waals surface area contributed by atoms with E-state index in [-0.39, 0.29) is 23.8 Å². The molecule has 0 unspecified atom stereocenters. The second kappa shape index (κ2) is 9.28. The quantitative estimate of drug-likeness (QED) is 0.450. The summed E-state index contributed by atoms with van der Waals surface area (Å²) in [4.78, 5) is 29.5. The third kappa shape index (κ3) is 5.07. The van der Waals surface area contributed by atoms with Gasteiger partial charge in [-0.25, -0.2) is 0 Å². The lowest BCUT2D eigenvalue weighted by Crippen LogP contribution is -2.18. The minimum absolute atomic E-state index is 0.124. The van der Waals surface area contributed by atoms with Crippen molar-refractivity contribution in [1.29, 1.82) is 0 Å². The molecule has 4 rings (SSSR count). The predicted molar refractivity (Wildman–Crippen MR) is 117 cm³/mol. The van der Waals surface area contributed by atoms with Gasteiger partial charge in [-0.15, -0.1) is 11.8 Å². The largest absolute Gasteiger partial charge is 0.454 e. The summed E-state index contributed by atoms with van der Waals surface area (Å²) in [6.07, 6.45) is 5.29. The molecule has 0 aliphatic heterocycles. The molecule has 4 aromatic rings. The second-order valence-electron chi connectivity index (χ2n) is 6.56. The van der Waals surface area contributed by atoms with Gasteiger partial charge in [0.15, 0.2) is 5.76 Å². The Morgan fingerprint density at radius 3 is 2.67 bits per heavy atom. The average molecular weight is 417 g/mol. The Labute approximate surface area is 177 Å². The molecule has 0 atom stereocenters. The van der Waals surface area contributed by atoms with Gasteiger partial charge >= 0.3 is 0 Å². The highest BCUT2D eigenvalue weighted by Gasteiger charge is 2.12. The van der Waals surface area contributed by atoms with Crippen LogP contribution in [0, 0.1) is 0 Å². The Hall–Kier alpha value is -3.58. The molecule has 0 radical (unpaired) electrons. The lowest BCUT2D eigenvalue weighted by Gasteiger charge is -2.06. The second-order valence-corrected chi connectivity index (χ2v) is 7.61. The van der Waals surface area contributed by atoms with E-state index in [1.165, 1.54) is 10.6 Å². The Bertz CT molecular complexity index is 1180. The highest BCUT2D eigenvalue weighted by Crippen LogP contribution is 2.24. The van der Waals surface area contributed by atoms with Gasteiger partial charge in [0.05, 0.1) is 6.54 Å². The van der Waals surface area contributed by atoms with Gasteiger partial charge < -0.3 is 14.3 Å². The summed E-state index contributed by atoms with van der Waals surface area (Å²) in [7, 11) is 0. The monoisotopic (exact) mass is 417 g/mol. The number of thioether (sulfide) groups is 1. The van der Waals surface area contributed by atoms with E-state index in [0.717, 1.165) is 16.2 Å². The molecule has 3 aromatic heterocycles. The first-order valence-electron chi connectivity index (χ1n) is 9.35. The summed E-state index contributed by atoms with van der Waals surface area (Å²) >= 11 is 1.70. The van der Waals surface area contributed by atoms with Crippen molar-refractivity contribution in [3.05, 3.63) is 113 Å². The molecule has 0 saturated carbocycles. The Kier molecular flexibility index (Phi) is 6.10. The summed E-state index contributed by atoms with van der Waals surface area (Å²) in [6, 6.07) is 19.9. The number of carbonyl (C=O) groups excluding carboxylic acids is 1. The summed E-state index contributed by atoms with van der Waals surface area (Å²) in [6.45, 7) is 0.274. The standard InChI is InChI=1S/C23H19N3O3S/c27-22-5-1-2-13-26(22)15-19-8-11-21(29-19)23(28)25-18-6-9-20(10-7-18)30-16-17-4-3-12-24-14-17/h1-14H,15-16H2,(H,25,28). The molecule has 0 aliphatic rings. The van der Waals surface area contributed by atoms with E-state index in [2.05, 4.69) is 10.3 Å². The van der Waals surface area contributed by atoms with Crippen LogP contribution in [0.1, 0.15) is 21.9 Å². The lowest BCUT2D eigenvalue weighted by atomic mass is 10.3. The molecule has 0 spiro atoms. The first-order valence-corrected chi connectivity index (χ1v) is 10.3. The zero-order chi connectivity index (χ0) is 20.8. The van der Waals surface area contributed by atoms with Crippen LogP contribution in [0.25, 0.3) is 0 Å². The van der Waals surface area contributed by atoms with E-state index in [9.17, 15) is 9.59 Å². The van der Waals surface area contributed by atoms with Crippen molar-refractivity contribution in [1.82, 2.24) is 9.55 Å². The van der Waals surface area contributed by atoms with Crippen molar-refractivity contribution in [2.24, 2.45) is 0 Å². The average Bonchev–Trinajstić information content (AvgIpc) is 3.24. The van der Waals surface area contributed by atoms with E-state index in [1.807, 2.05) is 42.6 Å². The highest BCUT2D eigenvalue weighted by molar-refractivity contribution is 7.98. The third-order valence-electron chi connectivity index (χ3n) is 4.35. The first kappa shape index (κ1) is 19.7. The molecule has 3 heterocycles. The van der Waals surface area contributed by atoms with Crippen LogP contribution in [0.5, 0.6) is 0 Å². The molecule has 1 aromatic carbocycles. The van der Waals surface area contributed by atoms with Crippen LogP contribution >= 0.6 is 11.8 Å². The Balaban J connectivity index is 1.34. The van der Waals surface area contributed by atoms with Crippen molar-refractivity contribution >= 4 is 23.4 Å². The van der Waals surface area contributed by atoms with E-state index >= 15 is 0 Å². The number of hydrogen-bond acceptors (Lipinski definition) is 5. The maximum atomic E-state index is 12.5. The molecular formula is C23H19N3O3S. The van der Waals surface area contributed by atoms with Crippen molar-refractivity contribution in [3.8, 4) is 0 Å². The summed E-state index contributed by atoms with van der Waals surface area (Å²) < 4.78 is 7.12. The number of amides is 1. The number of rotatable bonds is 7. The fourth-order valence-corrected chi connectivity index (χ4v) is 3.65. The van der Waals surface area contributed by atoms with Gasteiger partial charge in [0.1, 0.15) is 5.76 Å². The van der Waals surface area contributed by atoms with Gasteiger partial charge in [0, 0.05) is 41.0 Å². The summed E-state index contributed by atoms with van der Waals surface area (Å²) in [5.41, 5.74) is 1.72. The molecule has 30 heavy (non-hydrogen) atoms. The van der Waals surface area contributed by atoms with Crippen LogP contribution in [-0.2, 0) is 12.3 Å². The molecule has 0 fully saturated rings. The normalized spacial score (nSPS) is 10.7. The number of hydrogen-bond donors (Lipinski definition) is 1.